The minimum atomic E-state index is 0. The molecule has 1 aromatic rings. The predicted molar refractivity (Wildman–Crippen MR) is 123 cm³/mol. The third kappa shape index (κ3) is 8.44. The Hall–Kier alpha value is -0.560. The predicted octanol–water partition coefficient (Wildman–Crippen LogP) is 2.71. The number of benzene rings is 1. The lowest BCUT2D eigenvalue weighted by atomic mass is 9.99. The molecule has 2 aliphatic heterocycles. The van der Waals surface area contributed by atoms with Crippen molar-refractivity contribution in [2.24, 2.45) is 5.92 Å². The second-order valence-corrected chi connectivity index (χ2v) is 7.29. The second kappa shape index (κ2) is 14.4. The smallest absolute Gasteiger partial charge is 0.224 e. The van der Waals surface area contributed by atoms with Crippen LogP contribution < -0.4 is 10.6 Å². The number of carbonyl (C=O) groups is 1. The van der Waals surface area contributed by atoms with E-state index < -0.39 is 0 Å². The van der Waals surface area contributed by atoms with E-state index in [1.54, 1.807) is 0 Å². The highest BCUT2D eigenvalue weighted by Crippen LogP contribution is 2.12. The zero-order valence-corrected chi connectivity index (χ0v) is 19.1. The normalized spacial score (nSPS) is 20.2. The Kier molecular flexibility index (Phi) is 14.1. The van der Waals surface area contributed by atoms with E-state index in [2.05, 4.69) is 51.6 Å². The molecule has 5 nitrogen and oxygen atoms in total. The zero-order valence-electron chi connectivity index (χ0n) is 16.7. The summed E-state index contributed by atoms with van der Waals surface area (Å²) in [5, 5.41) is 6.38. The zero-order chi connectivity index (χ0) is 17.5. The van der Waals surface area contributed by atoms with Gasteiger partial charge in [-0.05, 0) is 37.1 Å². The average molecular weight is 454 g/mol. The fourth-order valence-corrected chi connectivity index (χ4v) is 3.69. The van der Waals surface area contributed by atoms with Crippen LogP contribution in [0, 0.1) is 5.92 Å². The van der Waals surface area contributed by atoms with Crippen LogP contribution in [-0.2, 0) is 17.9 Å². The molecule has 0 aliphatic carbocycles. The first-order valence-corrected chi connectivity index (χ1v) is 9.75. The molecule has 28 heavy (non-hydrogen) atoms. The largest absolute Gasteiger partial charge is 0.352 e. The molecule has 2 fully saturated rings. The van der Waals surface area contributed by atoms with Crippen LogP contribution in [-0.4, -0.2) is 61.5 Å². The van der Waals surface area contributed by atoms with Crippen LogP contribution in [0.15, 0.2) is 24.3 Å². The highest BCUT2D eigenvalue weighted by Gasteiger charge is 2.20. The standard InChI is InChI=1S/C20H32N4O.3ClH/c1-2-23-10-12-24(13-11-23)16-18-7-5-17(6-8-18)14-22-20(25)19-4-3-9-21-15-19;;;/h5-8,19,21H,2-4,9-16H2,1H3,(H,22,25);3*1H. The molecule has 3 rings (SSSR count). The maximum atomic E-state index is 12.2. The highest BCUT2D eigenvalue weighted by atomic mass is 35.5. The van der Waals surface area contributed by atoms with Gasteiger partial charge in [0.25, 0.3) is 0 Å². The number of rotatable bonds is 6. The monoisotopic (exact) mass is 452 g/mol. The Labute approximate surface area is 188 Å². The van der Waals surface area contributed by atoms with Gasteiger partial charge in [0, 0.05) is 45.8 Å². The van der Waals surface area contributed by atoms with Gasteiger partial charge in [-0.1, -0.05) is 31.2 Å². The molecule has 1 aromatic carbocycles. The Balaban J connectivity index is 0.00000243. The lowest BCUT2D eigenvalue weighted by molar-refractivity contribution is -0.125. The van der Waals surface area contributed by atoms with Gasteiger partial charge in [-0.15, -0.1) is 37.2 Å². The Bertz CT molecular complexity index is 545. The molecule has 2 aliphatic rings. The average Bonchev–Trinajstić information content (AvgIpc) is 2.68. The van der Waals surface area contributed by atoms with E-state index in [1.807, 2.05) is 0 Å². The van der Waals surface area contributed by atoms with Crippen molar-refractivity contribution in [2.45, 2.75) is 32.9 Å². The van der Waals surface area contributed by atoms with Gasteiger partial charge in [0.05, 0.1) is 5.92 Å². The quantitative estimate of drug-likeness (QED) is 0.695. The van der Waals surface area contributed by atoms with Crippen LogP contribution in [0.2, 0.25) is 0 Å². The van der Waals surface area contributed by atoms with Crippen LogP contribution >= 0.6 is 37.2 Å². The van der Waals surface area contributed by atoms with Crippen LogP contribution in [0.25, 0.3) is 0 Å². The number of amides is 1. The molecule has 2 heterocycles. The molecule has 1 unspecified atom stereocenters. The SMILES string of the molecule is CCN1CCN(Cc2ccc(CNC(=O)C3CCCNC3)cc2)CC1.Cl.Cl.Cl. The van der Waals surface area contributed by atoms with Gasteiger partial charge < -0.3 is 15.5 Å². The number of hydrogen-bond donors (Lipinski definition) is 2. The van der Waals surface area contributed by atoms with Crippen molar-refractivity contribution in [3.05, 3.63) is 35.4 Å². The summed E-state index contributed by atoms with van der Waals surface area (Å²) in [6.45, 7) is 11.6. The maximum Gasteiger partial charge on any atom is 0.224 e. The highest BCUT2D eigenvalue weighted by molar-refractivity contribution is 5.86. The summed E-state index contributed by atoms with van der Waals surface area (Å²) in [5.74, 6) is 0.319. The number of piperazine rings is 1. The third-order valence-electron chi connectivity index (χ3n) is 5.48. The summed E-state index contributed by atoms with van der Waals surface area (Å²) < 4.78 is 0. The fourth-order valence-electron chi connectivity index (χ4n) is 3.69. The van der Waals surface area contributed by atoms with E-state index in [9.17, 15) is 4.79 Å². The van der Waals surface area contributed by atoms with Crippen molar-refractivity contribution in [1.82, 2.24) is 20.4 Å². The summed E-state index contributed by atoms with van der Waals surface area (Å²) in [7, 11) is 0. The lowest BCUT2D eigenvalue weighted by Gasteiger charge is -2.34. The van der Waals surface area contributed by atoms with Gasteiger partial charge in [0.15, 0.2) is 0 Å². The van der Waals surface area contributed by atoms with Gasteiger partial charge in [-0.2, -0.15) is 0 Å². The number of nitrogens with one attached hydrogen (secondary N) is 2. The van der Waals surface area contributed by atoms with E-state index in [0.29, 0.717) is 6.54 Å². The van der Waals surface area contributed by atoms with Crippen molar-refractivity contribution < 1.29 is 4.79 Å². The molecule has 0 radical (unpaired) electrons. The topological polar surface area (TPSA) is 47.6 Å². The first-order chi connectivity index (χ1) is 12.2. The summed E-state index contributed by atoms with van der Waals surface area (Å²) in [6, 6.07) is 8.71. The Morgan fingerprint density at radius 1 is 1.04 bits per heavy atom. The molecule has 0 saturated carbocycles. The van der Waals surface area contributed by atoms with Gasteiger partial charge in [0.2, 0.25) is 5.91 Å². The van der Waals surface area contributed by atoms with E-state index >= 15 is 0 Å². The molecule has 2 N–H and O–H groups in total. The fraction of sp³-hybridized carbons (Fsp3) is 0.650. The Morgan fingerprint density at radius 2 is 1.64 bits per heavy atom. The summed E-state index contributed by atoms with van der Waals surface area (Å²) in [6.07, 6.45) is 2.10. The van der Waals surface area contributed by atoms with Crippen LogP contribution in [0.1, 0.15) is 30.9 Å². The van der Waals surface area contributed by atoms with E-state index in [1.165, 1.54) is 24.2 Å². The number of piperidine rings is 1. The number of halogens is 3. The summed E-state index contributed by atoms with van der Waals surface area (Å²) in [4.78, 5) is 17.2. The molecule has 0 aromatic heterocycles. The van der Waals surface area contributed by atoms with Gasteiger partial charge in [0.1, 0.15) is 0 Å². The molecule has 0 spiro atoms. The van der Waals surface area contributed by atoms with Crippen molar-refractivity contribution >= 4 is 43.1 Å². The second-order valence-electron chi connectivity index (χ2n) is 7.29. The number of hydrogen-bond acceptors (Lipinski definition) is 4. The molecule has 2 saturated heterocycles. The van der Waals surface area contributed by atoms with E-state index in [-0.39, 0.29) is 49.0 Å². The molecule has 0 bridgehead atoms. The van der Waals surface area contributed by atoms with Crippen LogP contribution in [0.4, 0.5) is 0 Å². The molecular weight excluding hydrogens is 419 g/mol. The van der Waals surface area contributed by atoms with Crippen molar-refractivity contribution in [3.63, 3.8) is 0 Å². The minimum Gasteiger partial charge on any atom is -0.352 e. The number of carbonyl (C=O) groups excluding carboxylic acids is 1. The number of likely N-dealkylation sites (N-methyl/N-ethyl adjacent to an activating group) is 1. The first-order valence-electron chi connectivity index (χ1n) is 9.75. The van der Waals surface area contributed by atoms with Crippen molar-refractivity contribution in [2.75, 3.05) is 45.8 Å². The summed E-state index contributed by atoms with van der Waals surface area (Å²) >= 11 is 0. The van der Waals surface area contributed by atoms with E-state index in [0.717, 1.165) is 52.1 Å². The van der Waals surface area contributed by atoms with Crippen molar-refractivity contribution in [1.29, 1.82) is 0 Å². The molecule has 8 heteroatoms. The third-order valence-corrected chi connectivity index (χ3v) is 5.48. The van der Waals surface area contributed by atoms with Crippen LogP contribution in [0.3, 0.4) is 0 Å². The molecular formula is C20H35Cl3N4O. The first kappa shape index (κ1) is 27.4. The minimum absolute atomic E-state index is 0. The van der Waals surface area contributed by atoms with Gasteiger partial charge in [-0.25, -0.2) is 0 Å². The number of nitrogens with zero attached hydrogens (tertiary/aromatic N) is 2. The van der Waals surface area contributed by atoms with Crippen molar-refractivity contribution in [3.8, 4) is 0 Å². The van der Waals surface area contributed by atoms with Gasteiger partial charge >= 0.3 is 0 Å². The van der Waals surface area contributed by atoms with Crippen LogP contribution in [0.5, 0.6) is 0 Å². The Morgan fingerprint density at radius 3 is 2.21 bits per heavy atom. The van der Waals surface area contributed by atoms with Gasteiger partial charge in [-0.3, -0.25) is 9.69 Å². The maximum absolute atomic E-state index is 12.2. The molecule has 1 amide bonds. The summed E-state index contributed by atoms with van der Waals surface area (Å²) in [5.41, 5.74) is 2.54. The lowest BCUT2D eigenvalue weighted by Crippen LogP contribution is -2.45. The molecule has 1 atom stereocenters. The van der Waals surface area contributed by atoms with E-state index in [4.69, 9.17) is 0 Å². The molecule has 162 valence electrons.